The van der Waals surface area contributed by atoms with Crippen LogP contribution in [0.2, 0.25) is 0 Å². The summed E-state index contributed by atoms with van der Waals surface area (Å²) in [5, 5.41) is 2.55. The van der Waals surface area contributed by atoms with Crippen LogP contribution in [0.15, 0.2) is 41.3 Å². The Bertz CT molecular complexity index is 979. The van der Waals surface area contributed by atoms with E-state index in [9.17, 15) is 22.0 Å². The van der Waals surface area contributed by atoms with E-state index in [1.807, 2.05) is 0 Å². The maximum Gasteiger partial charge on any atom is 0.262 e. The van der Waals surface area contributed by atoms with Crippen LogP contribution >= 0.6 is 0 Å². The van der Waals surface area contributed by atoms with Crippen molar-refractivity contribution in [2.45, 2.75) is 17.9 Å². The zero-order valence-electron chi connectivity index (χ0n) is 14.0. The van der Waals surface area contributed by atoms with Crippen molar-refractivity contribution in [1.82, 2.24) is 4.31 Å². The number of rotatable bonds is 4. The fourth-order valence-corrected chi connectivity index (χ4v) is 3.96. The van der Waals surface area contributed by atoms with Crippen LogP contribution in [-0.2, 0) is 14.8 Å². The molecule has 1 atom stereocenters. The normalized spacial score (nSPS) is 15.2. The van der Waals surface area contributed by atoms with Gasteiger partial charge in [-0.1, -0.05) is 6.07 Å². The lowest BCUT2D eigenvalue weighted by atomic mass is 10.1. The third-order valence-electron chi connectivity index (χ3n) is 4.23. The standard InChI is InChI=1S/C17H16F2N2O4S/c1-10(11-3-5-13(18)14(19)7-11)21(2)26(23,24)12-4-6-16-15(8-12)20-17(22)9-25-16/h3-8,10H,9H2,1-2H3,(H,20,22). The Morgan fingerprint density at radius 3 is 2.58 bits per heavy atom. The number of carbonyl (C=O) groups is 1. The minimum Gasteiger partial charge on any atom is -0.482 e. The fourth-order valence-electron chi connectivity index (χ4n) is 2.58. The van der Waals surface area contributed by atoms with Crippen LogP contribution in [0.3, 0.4) is 0 Å². The molecule has 0 radical (unpaired) electrons. The number of hydrogen-bond acceptors (Lipinski definition) is 4. The van der Waals surface area contributed by atoms with E-state index in [0.29, 0.717) is 11.3 Å². The summed E-state index contributed by atoms with van der Waals surface area (Å²) >= 11 is 0. The van der Waals surface area contributed by atoms with Crippen molar-refractivity contribution in [3.05, 3.63) is 53.6 Å². The quantitative estimate of drug-likeness (QED) is 0.882. The van der Waals surface area contributed by atoms with Gasteiger partial charge in [0.15, 0.2) is 18.2 Å². The van der Waals surface area contributed by atoms with Crippen LogP contribution in [-0.4, -0.2) is 32.3 Å². The number of carbonyl (C=O) groups excluding carboxylic acids is 1. The lowest BCUT2D eigenvalue weighted by Crippen LogP contribution is -2.30. The second-order valence-corrected chi connectivity index (χ2v) is 7.86. The molecule has 1 unspecified atom stereocenters. The summed E-state index contributed by atoms with van der Waals surface area (Å²) in [6.07, 6.45) is 0. The zero-order valence-corrected chi connectivity index (χ0v) is 14.8. The van der Waals surface area contributed by atoms with Gasteiger partial charge in [0, 0.05) is 13.1 Å². The van der Waals surface area contributed by atoms with Gasteiger partial charge in [0.25, 0.3) is 5.91 Å². The third-order valence-corrected chi connectivity index (χ3v) is 6.16. The Labute approximate surface area is 149 Å². The molecule has 0 fully saturated rings. The number of fused-ring (bicyclic) bond motifs is 1. The maximum absolute atomic E-state index is 13.5. The molecule has 2 aromatic rings. The molecule has 0 saturated heterocycles. The van der Waals surface area contributed by atoms with Crippen molar-refractivity contribution in [1.29, 1.82) is 0 Å². The molecule has 6 nitrogen and oxygen atoms in total. The smallest absolute Gasteiger partial charge is 0.262 e. The minimum atomic E-state index is -3.95. The lowest BCUT2D eigenvalue weighted by Gasteiger charge is -2.26. The van der Waals surface area contributed by atoms with E-state index < -0.39 is 27.7 Å². The second kappa shape index (κ2) is 6.65. The molecule has 1 aliphatic heterocycles. The molecule has 2 aromatic carbocycles. The summed E-state index contributed by atoms with van der Waals surface area (Å²) in [5.74, 6) is -2.05. The van der Waals surface area contributed by atoms with Crippen LogP contribution in [0.25, 0.3) is 0 Å². The zero-order chi connectivity index (χ0) is 19.1. The molecular formula is C17H16F2N2O4S. The second-order valence-electron chi connectivity index (χ2n) is 5.87. The molecule has 1 amide bonds. The summed E-state index contributed by atoms with van der Waals surface area (Å²) in [6, 6.07) is 6.63. The Balaban J connectivity index is 1.93. The van der Waals surface area contributed by atoms with Crippen LogP contribution < -0.4 is 10.1 Å². The number of halogens is 2. The van der Waals surface area contributed by atoms with E-state index in [4.69, 9.17) is 4.74 Å². The van der Waals surface area contributed by atoms with E-state index in [0.717, 1.165) is 16.4 Å². The van der Waals surface area contributed by atoms with Gasteiger partial charge in [-0.15, -0.1) is 0 Å². The largest absolute Gasteiger partial charge is 0.482 e. The highest BCUT2D eigenvalue weighted by Crippen LogP contribution is 2.33. The summed E-state index contributed by atoms with van der Waals surface area (Å²) in [5.41, 5.74) is 0.570. The van der Waals surface area contributed by atoms with Crippen molar-refractivity contribution >= 4 is 21.6 Å². The van der Waals surface area contributed by atoms with E-state index >= 15 is 0 Å². The minimum absolute atomic E-state index is 0.0565. The van der Waals surface area contributed by atoms with Gasteiger partial charge < -0.3 is 10.1 Å². The predicted molar refractivity (Wildman–Crippen MR) is 90.3 cm³/mol. The van der Waals surface area contributed by atoms with Crippen molar-refractivity contribution in [2.75, 3.05) is 19.0 Å². The topological polar surface area (TPSA) is 75.7 Å². The molecule has 1 aliphatic rings. The highest BCUT2D eigenvalue weighted by Gasteiger charge is 2.28. The molecule has 0 aromatic heterocycles. The van der Waals surface area contributed by atoms with Crippen molar-refractivity contribution in [3.63, 3.8) is 0 Å². The maximum atomic E-state index is 13.5. The molecule has 1 heterocycles. The van der Waals surface area contributed by atoms with E-state index in [-0.39, 0.29) is 23.1 Å². The average molecular weight is 382 g/mol. The summed E-state index contributed by atoms with van der Waals surface area (Å²) in [7, 11) is -2.61. The number of sulfonamides is 1. The number of amides is 1. The van der Waals surface area contributed by atoms with Gasteiger partial charge in [-0.05, 0) is 42.8 Å². The average Bonchev–Trinajstić information content (AvgIpc) is 2.62. The van der Waals surface area contributed by atoms with Crippen LogP contribution in [0.1, 0.15) is 18.5 Å². The third kappa shape index (κ3) is 3.27. The van der Waals surface area contributed by atoms with Crippen LogP contribution in [0, 0.1) is 11.6 Å². The Kier molecular flexibility index (Phi) is 4.68. The fraction of sp³-hybridized carbons (Fsp3) is 0.235. The van der Waals surface area contributed by atoms with Crippen molar-refractivity contribution in [2.24, 2.45) is 0 Å². The van der Waals surface area contributed by atoms with Gasteiger partial charge >= 0.3 is 0 Å². The number of hydrogen-bond donors (Lipinski definition) is 1. The molecular weight excluding hydrogens is 366 g/mol. The first-order chi connectivity index (χ1) is 12.2. The summed E-state index contributed by atoms with van der Waals surface area (Å²) < 4.78 is 58.5. The molecule has 0 saturated carbocycles. The molecule has 3 rings (SSSR count). The Morgan fingerprint density at radius 2 is 1.88 bits per heavy atom. The number of ether oxygens (including phenoxy) is 1. The summed E-state index contributed by atoms with van der Waals surface area (Å²) in [6.45, 7) is 1.43. The first kappa shape index (κ1) is 18.3. The number of nitrogens with one attached hydrogen (secondary N) is 1. The van der Waals surface area contributed by atoms with Gasteiger partial charge in [0.1, 0.15) is 5.75 Å². The van der Waals surface area contributed by atoms with Gasteiger partial charge in [-0.25, -0.2) is 17.2 Å². The molecule has 0 bridgehead atoms. The molecule has 0 spiro atoms. The Morgan fingerprint density at radius 1 is 1.15 bits per heavy atom. The highest BCUT2D eigenvalue weighted by molar-refractivity contribution is 7.89. The van der Waals surface area contributed by atoms with Crippen LogP contribution in [0.4, 0.5) is 14.5 Å². The van der Waals surface area contributed by atoms with Crippen molar-refractivity contribution < 1.29 is 26.7 Å². The first-order valence-corrected chi connectivity index (χ1v) is 9.14. The molecule has 0 aliphatic carbocycles. The molecule has 26 heavy (non-hydrogen) atoms. The van der Waals surface area contributed by atoms with Crippen molar-refractivity contribution in [3.8, 4) is 5.75 Å². The number of benzene rings is 2. The first-order valence-electron chi connectivity index (χ1n) is 7.70. The van der Waals surface area contributed by atoms with E-state index in [1.54, 1.807) is 6.92 Å². The summed E-state index contributed by atoms with van der Waals surface area (Å²) in [4.78, 5) is 11.4. The predicted octanol–water partition coefficient (Wildman–Crippen LogP) is 2.68. The number of anilines is 1. The van der Waals surface area contributed by atoms with E-state index in [1.165, 1.54) is 31.3 Å². The van der Waals surface area contributed by atoms with Gasteiger partial charge in [0.2, 0.25) is 10.0 Å². The SMILES string of the molecule is CC(c1ccc(F)c(F)c1)N(C)S(=O)(=O)c1ccc2c(c1)NC(=O)CO2. The van der Waals surface area contributed by atoms with Gasteiger partial charge in [-0.3, -0.25) is 4.79 Å². The molecule has 9 heteroatoms. The van der Waals surface area contributed by atoms with Gasteiger partial charge in [0.05, 0.1) is 10.6 Å². The Hall–Kier alpha value is -2.52. The van der Waals surface area contributed by atoms with E-state index in [2.05, 4.69) is 5.32 Å². The molecule has 1 N–H and O–H groups in total. The lowest BCUT2D eigenvalue weighted by molar-refractivity contribution is -0.118. The monoisotopic (exact) mass is 382 g/mol. The van der Waals surface area contributed by atoms with Gasteiger partial charge in [-0.2, -0.15) is 4.31 Å². The van der Waals surface area contributed by atoms with Crippen LogP contribution in [0.5, 0.6) is 5.75 Å². The highest BCUT2D eigenvalue weighted by atomic mass is 32.2. The number of nitrogens with zero attached hydrogens (tertiary/aromatic N) is 1. The molecule has 138 valence electrons.